The molecular formula is C13H23N3O. The van der Waals surface area contributed by atoms with Crippen LogP contribution < -0.4 is 0 Å². The molecule has 1 fully saturated rings. The minimum Gasteiger partial charge on any atom is -0.345 e. The molecule has 0 aromatic carbocycles. The lowest BCUT2D eigenvalue weighted by Crippen LogP contribution is -2.33. The summed E-state index contributed by atoms with van der Waals surface area (Å²) in [4.78, 5) is 15.8. The molecule has 0 saturated carbocycles. The van der Waals surface area contributed by atoms with Crippen molar-refractivity contribution in [3.63, 3.8) is 0 Å². The Morgan fingerprint density at radius 2 is 1.94 bits per heavy atom. The Labute approximate surface area is 104 Å². The van der Waals surface area contributed by atoms with Crippen LogP contribution in [0.3, 0.4) is 0 Å². The molecule has 4 nitrogen and oxygen atoms in total. The average Bonchev–Trinajstić information content (AvgIpc) is 2.61. The van der Waals surface area contributed by atoms with E-state index in [0.29, 0.717) is 19.4 Å². The Morgan fingerprint density at radius 3 is 2.53 bits per heavy atom. The monoisotopic (exact) mass is 237 g/mol. The lowest BCUT2D eigenvalue weighted by atomic mass is 10.2. The second-order valence-electron chi connectivity index (χ2n) is 4.73. The highest BCUT2D eigenvalue weighted by molar-refractivity contribution is 5.76. The molecule has 17 heavy (non-hydrogen) atoms. The molecule has 1 rings (SSSR count). The molecule has 96 valence electrons. The standard InChI is InChI=1S/C13H23N3O/c1-15(9-6-8-14)13(17)7-12-16-10-4-2-3-5-11-16/h2-7,9-12H2,1H3. The first kappa shape index (κ1) is 14.0. The average molecular weight is 237 g/mol. The molecule has 0 radical (unpaired) electrons. The predicted octanol–water partition coefficient (Wildman–Crippen LogP) is 1.62. The maximum absolute atomic E-state index is 11.8. The number of nitrogens with zero attached hydrogens (tertiary/aromatic N) is 3. The molecule has 4 heteroatoms. The number of rotatable bonds is 5. The maximum Gasteiger partial charge on any atom is 0.223 e. The third-order valence-corrected chi connectivity index (χ3v) is 3.33. The first-order chi connectivity index (χ1) is 8.24. The molecule has 1 aliphatic heterocycles. The molecule has 1 amide bonds. The molecule has 0 bridgehead atoms. The van der Waals surface area contributed by atoms with Gasteiger partial charge in [-0.1, -0.05) is 12.8 Å². The van der Waals surface area contributed by atoms with Gasteiger partial charge in [-0.05, 0) is 25.9 Å². The molecule has 0 aromatic heterocycles. The van der Waals surface area contributed by atoms with Crippen molar-refractivity contribution in [2.45, 2.75) is 38.5 Å². The van der Waals surface area contributed by atoms with E-state index in [9.17, 15) is 4.79 Å². The summed E-state index contributed by atoms with van der Waals surface area (Å²) in [7, 11) is 1.78. The van der Waals surface area contributed by atoms with Crippen LogP contribution in [0.25, 0.3) is 0 Å². The van der Waals surface area contributed by atoms with E-state index < -0.39 is 0 Å². The Balaban J connectivity index is 2.19. The number of carbonyl (C=O) groups excluding carboxylic acids is 1. The van der Waals surface area contributed by atoms with Crippen LogP contribution in [0.4, 0.5) is 0 Å². The van der Waals surface area contributed by atoms with E-state index in [-0.39, 0.29) is 5.91 Å². The number of amides is 1. The van der Waals surface area contributed by atoms with Gasteiger partial charge < -0.3 is 9.80 Å². The normalized spacial score (nSPS) is 17.2. The van der Waals surface area contributed by atoms with Crippen LogP contribution in [-0.2, 0) is 4.79 Å². The topological polar surface area (TPSA) is 47.3 Å². The zero-order valence-electron chi connectivity index (χ0n) is 10.8. The van der Waals surface area contributed by atoms with Crippen molar-refractivity contribution in [2.75, 3.05) is 33.2 Å². The van der Waals surface area contributed by atoms with Crippen LogP contribution in [0.1, 0.15) is 38.5 Å². The van der Waals surface area contributed by atoms with Gasteiger partial charge in [0.2, 0.25) is 5.91 Å². The minimum atomic E-state index is 0.157. The Morgan fingerprint density at radius 1 is 1.29 bits per heavy atom. The van der Waals surface area contributed by atoms with E-state index in [1.54, 1.807) is 11.9 Å². The summed E-state index contributed by atoms with van der Waals surface area (Å²) < 4.78 is 0. The summed E-state index contributed by atoms with van der Waals surface area (Å²) >= 11 is 0. The fourth-order valence-electron chi connectivity index (χ4n) is 2.15. The van der Waals surface area contributed by atoms with Crippen LogP contribution in [-0.4, -0.2) is 48.9 Å². The van der Waals surface area contributed by atoms with Crippen LogP contribution in [0.15, 0.2) is 0 Å². The predicted molar refractivity (Wildman–Crippen MR) is 67.4 cm³/mol. The lowest BCUT2D eigenvalue weighted by molar-refractivity contribution is -0.130. The smallest absolute Gasteiger partial charge is 0.223 e. The maximum atomic E-state index is 11.8. The highest BCUT2D eigenvalue weighted by atomic mass is 16.2. The second-order valence-corrected chi connectivity index (χ2v) is 4.73. The Hall–Kier alpha value is -1.08. The van der Waals surface area contributed by atoms with Crippen molar-refractivity contribution in [3.05, 3.63) is 0 Å². The third kappa shape index (κ3) is 5.69. The molecule has 0 spiro atoms. The minimum absolute atomic E-state index is 0.157. The van der Waals surface area contributed by atoms with Gasteiger partial charge in [-0.2, -0.15) is 5.26 Å². The quantitative estimate of drug-likeness (QED) is 0.730. The van der Waals surface area contributed by atoms with Gasteiger partial charge in [0.25, 0.3) is 0 Å². The van der Waals surface area contributed by atoms with Crippen LogP contribution in [0, 0.1) is 11.3 Å². The largest absolute Gasteiger partial charge is 0.345 e. The molecule has 1 saturated heterocycles. The molecule has 0 N–H and O–H groups in total. The number of hydrogen-bond donors (Lipinski definition) is 0. The van der Waals surface area contributed by atoms with E-state index in [4.69, 9.17) is 5.26 Å². The van der Waals surface area contributed by atoms with Gasteiger partial charge in [-0.25, -0.2) is 0 Å². The first-order valence-electron chi connectivity index (χ1n) is 6.57. The lowest BCUT2D eigenvalue weighted by Gasteiger charge is -2.21. The van der Waals surface area contributed by atoms with Crippen molar-refractivity contribution < 1.29 is 4.79 Å². The van der Waals surface area contributed by atoms with Gasteiger partial charge in [0.05, 0.1) is 12.5 Å². The van der Waals surface area contributed by atoms with E-state index in [1.807, 2.05) is 0 Å². The van der Waals surface area contributed by atoms with Crippen LogP contribution in [0.2, 0.25) is 0 Å². The van der Waals surface area contributed by atoms with Gasteiger partial charge in [0.15, 0.2) is 0 Å². The molecule has 0 aliphatic carbocycles. The summed E-state index contributed by atoms with van der Waals surface area (Å²) in [5, 5.41) is 8.47. The van der Waals surface area contributed by atoms with Crippen LogP contribution in [0.5, 0.6) is 0 Å². The van der Waals surface area contributed by atoms with E-state index in [2.05, 4.69) is 11.0 Å². The first-order valence-corrected chi connectivity index (χ1v) is 6.57. The molecule has 1 aliphatic rings. The number of nitriles is 1. The van der Waals surface area contributed by atoms with Gasteiger partial charge >= 0.3 is 0 Å². The molecular weight excluding hydrogens is 214 g/mol. The van der Waals surface area contributed by atoms with Gasteiger partial charge in [0, 0.05) is 26.6 Å². The molecule has 0 aromatic rings. The fourth-order valence-corrected chi connectivity index (χ4v) is 2.15. The number of hydrogen-bond acceptors (Lipinski definition) is 3. The van der Waals surface area contributed by atoms with E-state index in [0.717, 1.165) is 19.6 Å². The summed E-state index contributed by atoms with van der Waals surface area (Å²) in [6, 6.07) is 2.06. The van der Waals surface area contributed by atoms with Gasteiger partial charge in [0.1, 0.15) is 0 Å². The molecule has 1 heterocycles. The summed E-state index contributed by atoms with van der Waals surface area (Å²) in [6.45, 7) is 3.69. The van der Waals surface area contributed by atoms with E-state index >= 15 is 0 Å². The van der Waals surface area contributed by atoms with Crippen molar-refractivity contribution in [2.24, 2.45) is 0 Å². The second kappa shape index (κ2) is 8.08. The SMILES string of the molecule is CN(CCC#N)C(=O)CCN1CCCCCC1. The van der Waals surface area contributed by atoms with Crippen molar-refractivity contribution >= 4 is 5.91 Å². The summed E-state index contributed by atoms with van der Waals surface area (Å²) in [5.74, 6) is 0.157. The zero-order valence-corrected chi connectivity index (χ0v) is 10.8. The van der Waals surface area contributed by atoms with E-state index in [1.165, 1.54) is 25.7 Å². The van der Waals surface area contributed by atoms with Crippen LogP contribution >= 0.6 is 0 Å². The number of carbonyl (C=O) groups is 1. The Kier molecular flexibility index (Phi) is 6.64. The fraction of sp³-hybridized carbons (Fsp3) is 0.846. The zero-order chi connectivity index (χ0) is 12.5. The number of likely N-dealkylation sites (tertiary alicyclic amines) is 1. The van der Waals surface area contributed by atoms with Gasteiger partial charge in [-0.3, -0.25) is 4.79 Å². The Bertz CT molecular complexity index is 264. The molecule has 0 unspecified atom stereocenters. The summed E-state index contributed by atoms with van der Waals surface area (Å²) in [5.41, 5.74) is 0. The summed E-state index contributed by atoms with van der Waals surface area (Å²) in [6.07, 6.45) is 6.18. The molecule has 0 atom stereocenters. The van der Waals surface area contributed by atoms with Crippen molar-refractivity contribution in [1.29, 1.82) is 5.26 Å². The highest BCUT2D eigenvalue weighted by Gasteiger charge is 2.13. The highest BCUT2D eigenvalue weighted by Crippen LogP contribution is 2.10. The van der Waals surface area contributed by atoms with Gasteiger partial charge in [-0.15, -0.1) is 0 Å². The van der Waals surface area contributed by atoms with Crippen molar-refractivity contribution in [1.82, 2.24) is 9.80 Å². The van der Waals surface area contributed by atoms with Crippen molar-refractivity contribution in [3.8, 4) is 6.07 Å². The third-order valence-electron chi connectivity index (χ3n) is 3.33.